The SMILES string of the molecule is CN1CCN(CCCCNC(=O)NCC2CCN(c3ccc(F)c(F)c3)C2)CC1. The van der Waals surface area contributed by atoms with E-state index in [2.05, 4.69) is 27.5 Å². The van der Waals surface area contributed by atoms with Crippen LogP contribution in [0.3, 0.4) is 0 Å². The van der Waals surface area contributed by atoms with Crippen molar-refractivity contribution >= 4 is 11.7 Å². The maximum atomic E-state index is 13.4. The van der Waals surface area contributed by atoms with E-state index in [1.165, 1.54) is 6.07 Å². The summed E-state index contributed by atoms with van der Waals surface area (Å²) >= 11 is 0. The first-order valence-corrected chi connectivity index (χ1v) is 10.6. The standard InChI is InChI=1S/C21H33F2N5O/c1-26-10-12-27(13-11-26)8-3-2-7-24-21(29)25-15-17-6-9-28(16-17)18-4-5-19(22)20(23)14-18/h4-5,14,17H,2-3,6-13,15-16H2,1H3,(H2,24,25,29). The monoisotopic (exact) mass is 409 g/mol. The summed E-state index contributed by atoms with van der Waals surface area (Å²) in [5.74, 6) is -1.34. The van der Waals surface area contributed by atoms with Crippen LogP contribution in [0.1, 0.15) is 19.3 Å². The van der Waals surface area contributed by atoms with Gasteiger partial charge in [-0.25, -0.2) is 13.6 Å². The van der Waals surface area contributed by atoms with Crippen LogP contribution in [0.2, 0.25) is 0 Å². The van der Waals surface area contributed by atoms with E-state index in [0.29, 0.717) is 24.7 Å². The van der Waals surface area contributed by atoms with E-state index < -0.39 is 11.6 Å². The molecule has 0 bridgehead atoms. The first kappa shape index (κ1) is 21.8. The number of anilines is 1. The number of carbonyl (C=O) groups excluding carboxylic acids is 1. The molecule has 29 heavy (non-hydrogen) atoms. The molecule has 3 rings (SSSR count). The van der Waals surface area contributed by atoms with Gasteiger partial charge < -0.3 is 25.3 Å². The van der Waals surface area contributed by atoms with Crippen LogP contribution >= 0.6 is 0 Å². The molecular formula is C21H33F2N5O. The van der Waals surface area contributed by atoms with Gasteiger partial charge in [0.1, 0.15) is 0 Å². The molecule has 0 saturated carbocycles. The average Bonchev–Trinajstić information content (AvgIpc) is 3.19. The van der Waals surface area contributed by atoms with Crippen molar-refractivity contribution in [2.75, 3.05) is 70.9 Å². The molecule has 8 heteroatoms. The Labute approximate surface area is 172 Å². The molecule has 2 saturated heterocycles. The number of hydrogen-bond donors (Lipinski definition) is 2. The second-order valence-electron chi connectivity index (χ2n) is 8.19. The molecule has 0 spiro atoms. The number of unbranched alkanes of at least 4 members (excludes halogenated alkanes) is 1. The van der Waals surface area contributed by atoms with Crippen LogP contribution in [-0.2, 0) is 0 Å². The van der Waals surface area contributed by atoms with Gasteiger partial charge in [-0.2, -0.15) is 0 Å². The number of hydrogen-bond acceptors (Lipinski definition) is 4. The Morgan fingerprint density at radius 3 is 2.62 bits per heavy atom. The summed E-state index contributed by atoms with van der Waals surface area (Å²) in [5.41, 5.74) is 0.691. The van der Waals surface area contributed by atoms with Crippen molar-refractivity contribution in [1.29, 1.82) is 0 Å². The predicted molar refractivity (Wildman–Crippen MR) is 111 cm³/mol. The van der Waals surface area contributed by atoms with E-state index >= 15 is 0 Å². The highest BCUT2D eigenvalue weighted by Gasteiger charge is 2.23. The fourth-order valence-corrected chi connectivity index (χ4v) is 3.95. The van der Waals surface area contributed by atoms with Crippen LogP contribution in [0.4, 0.5) is 19.3 Å². The van der Waals surface area contributed by atoms with Gasteiger partial charge in [-0.1, -0.05) is 0 Å². The lowest BCUT2D eigenvalue weighted by Crippen LogP contribution is -2.44. The minimum Gasteiger partial charge on any atom is -0.371 e. The number of rotatable bonds is 8. The van der Waals surface area contributed by atoms with Crippen LogP contribution in [0.5, 0.6) is 0 Å². The molecule has 1 atom stereocenters. The normalized spacial score (nSPS) is 20.8. The number of likely N-dealkylation sites (N-methyl/N-ethyl adjacent to an activating group) is 1. The van der Waals surface area contributed by atoms with Crippen molar-refractivity contribution in [2.45, 2.75) is 19.3 Å². The van der Waals surface area contributed by atoms with Crippen molar-refractivity contribution in [1.82, 2.24) is 20.4 Å². The third-order valence-corrected chi connectivity index (χ3v) is 5.89. The third kappa shape index (κ3) is 6.82. The second kappa shape index (κ2) is 10.7. The van der Waals surface area contributed by atoms with Gasteiger partial charge in [-0.05, 0) is 50.9 Å². The molecule has 162 valence electrons. The summed E-state index contributed by atoms with van der Waals surface area (Å²) in [6, 6.07) is 3.87. The Morgan fingerprint density at radius 2 is 1.86 bits per heavy atom. The van der Waals surface area contributed by atoms with Crippen molar-refractivity contribution in [2.24, 2.45) is 5.92 Å². The zero-order valence-corrected chi connectivity index (χ0v) is 17.3. The third-order valence-electron chi connectivity index (χ3n) is 5.89. The first-order chi connectivity index (χ1) is 14.0. The molecule has 2 heterocycles. The maximum Gasteiger partial charge on any atom is 0.314 e. The number of urea groups is 1. The summed E-state index contributed by atoms with van der Waals surface area (Å²) in [7, 11) is 2.16. The molecule has 2 aliphatic rings. The minimum absolute atomic E-state index is 0.129. The van der Waals surface area contributed by atoms with Crippen molar-refractivity contribution in [3.05, 3.63) is 29.8 Å². The highest BCUT2D eigenvalue weighted by Crippen LogP contribution is 2.24. The van der Waals surface area contributed by atoms with E-state index in [4.69, 9.17) is 0 Å². The van der Waals surface area contributed by atoms with Crippen molar-refractivity contribution in [3.63, 3.8) is 0 Å². The average molecular weight is 410 g/mol. The quantitative estimate of drug-likeness (QED) is 0.646. The summed E-state index contributed by atoms with van der Waals surface area (Å²) in [5, 5.41) is 5.86. The van der Waals surface area contributed by atoms with Gasteiger partial charge in [0.25, 0.3) is 0 Å². The molecule has 1 aromatic carbocycles. The smallest absolute Gasteiger partial charge is 0.314 e. The topological polar surface area (TPSA) is 50.9 Å². The van der Waals surface area contributed by atoms with Gasteiger partial charge in [0, 0.05) is 64.1 Å². The van der Waals surface area contributed by atoms with Crippen LogP contribution in [0.25, 0.3) is 0 Å². The highest BCUT2D eigenvalue weighted by molar-refractivity contribution is 5.73. The minimum atomic E-state index is -0.827. The van der Waals surface area contributed by atoms with E-state index in [1.54, 1.807) is 6.07 Å². The zero-order chi connectivity index (χ0) is 20.6. The Morgan fingerprint density at radius 1 is 1.07 bits per heavy atom. The lowest BCUT2D eigenvalue weighted by molar-refractivity contribution is 0.152. The number of nitrogens with zero attached hydrogens (tertiary/aromatic N) is 3. The lowest BCUT2D eigenvalue weighted by Gasteiger charge is -2.32. The van der Waals surface area contributed by atoms with E-state index in [9.17, 15) is 13.6 Å². The summed E-state index contributed by atoms with van der Waals surface area (Å²) in [6.07, 6.45) is 2.99. The summed E-state index contributed by atoms with van der Waals surface area (Å²) < 4.78 is 26.5. The van der Waals surface area contributed by atoms with Crippen LogP contribution < -0.4 is 15.5 Å². The molecular weight excluding hydrogens is 376 g/mol. The van der Waals surface area contributed by atoms with Crippen LogP contribution in [0, 0.1) is 17.6 Å². The fraction of sp³-hybridized carbons (Fsp3) is 0.667. The van der Waals surface area contributed by atoms with Gasteiger partial charge in [0.15, 0.2) is 11.6 Å². The molecule has 0 aliphatic carbocycles. The molecule has 1 unspecified atom stereocenters. The number of piperazine rings is 1. The molecule has 2 aliphatic heterocycles. The lowest BCUT2D eigenvalue weighted by atomic mass is 10.1. The van der Waals surface area contributed by atoms with Crippen molar-refractivity contribution < 1.29 is 13.6 Å². The Balaban J connectivity index is 1.25. The molecule has 2 fully saturated rings. The number of benzene rings is 1. The zero-order valence-electron chi connectivity index (χ0n) is 17.3. The fourth-order valence-electron chi connectivity index (χ4n) is 3.95. The highest BCUT2D eigenvalue weighted by atomic mass is 19.2. The molecule has 1 aromatic rings. The Kier molecular flexibility index (Phi) is 8.06. The van der Waals surface area contributed by atoms with Gasteiger partial charge in [0.05, 0.1) is 0 Å². The molecule has 2 N–H and O–H groups in total. The molecule has 0 radical (unpaired) electrons. The number of halogens is 2. The van der Waals surface area contributed by atoms with E-state index in [0.717, 1.165) is 71.1 Å². The largest absolute Gasteiger partial charge is 0.371 e. The van der Waals surface area contributed by atoms with Gasteiger partial charge in [-0.15, -0.1) is 0 Å². The first-order valence-electron chi connectivity index (χ1n) is 10.6. The van der Waals surface area contributed by atoms with Gasteiger partial charge in [0.2, 0.25) is 0 Å². The summed E-state index contributed by atoms with van der Waals surface area (Å²) in [4.78, 5) is 18.9. The molecule has 2 amide bonds. The molecule has 0 aromatic heterocycles. The van der Waals surface area contributed by atoms with Crippen molar-refractivity contribution in [3.8, 4) is 0 Å². The number of carbonyl (C=O) groups is 1. The number of amides is 2. The molecule has 6 nitrogen and oxygen atoms in total. The van der Waals surface area contributed by atoms with E-state index in [-0.39, 0.29) is 6.03 Å². The summed E-state index contributed by atoms with van der Waals surface area (Å²) in [6.45, 7) is 8.42. The second-order valence-corrected chi connectivity index (χ2v) is 8.19. The predicted octanol–water partition coefficient (Wildman–Crippen LogP) is 2.12. The van der Waals surface area contributed by atoms with Crippen LogP contribution in [-0.4, -0.2) is 81.8 Å². The van der Waals surface area contributed by atoms with Crippen LogP contribution in [0.15, 0.2) is 18.2 Å². The van der Waals surface area contributed by atoms with Gasteiger partial charge in [-0.3, -0.25) is 0 Å². The Bertz CT molecular complexity index is 666. The maximum absolute atomic E-state index is 13.4. The van der Waals surface area contributed by atoms with E-state index in [1.807, 2.05) is 4.90 Å². The Hall–Kier alpha value is -1.93. The van der Waals surface area contributed by atoms with Gasteiger partial charge >= 0.3 is 6.03 Å². The number of nitrogens with one attached hydrogen (secondary N) is 2.